The van der Waals surface area contributed by atoms with E-state index >= 15 is 0 Å². The van der Waals surface area contributed by atoms with Gasteiger partial charge >= 0.3 is 17.9 Å². The summed E-state index contributed by atoms with van der Waals surface area (Å²) in [5.41, 5.74) is 3.17. The number of hydrogen-bond donors (Lipinski definition) is 0. The van der Waals surface area contributed by atoms with Crippen LogP contribution in [0.1, 0.15) is 28.8 Å². The lowest BCUT2D eigenvalue weighted by Gasteiger charge is -2.11. The van der Waals surface area contributed by atoms with E-state index in [4.69, 9.17) is 23.7 Å². The van der Waals surface area contributed by atoms with E-state index in [-0.39, 0.29) is 13.2 Å². The Labute approximate surface area is 233 Å². The molecule has 208 valence electrons. The summed E-state index contributed by atoms with van der Waals surface area (Å²) in [5.74, 6) is 0.398. The zero-order valence-corrected chi connectivity index (χ0v) is 22.4. The third-order valence-corrected chi connectivity index (χ3v) is 5.59. The van der Waals surface area contributed by atoms with Gasteiger partial charge in [0, 0.05) is 25.0 Å². The summed E-state index contributed by atoms with van der Waals surface area (Å²) in [7, 11) is 0. The first-order valence-electron chi connectivity index (χ1n) is 12.8. The van der Waals surface area contributed by atoms with Gasteiger partial charge in [0.25, 0.3) is 0 Å². The molecule has 0 saturated heterocycles. The van der Waals surface area contributed by atoms with Crippen molar-refractivity contribution in [3.8, 4) is 28.4 Å². The Morgan fingerprint density at radius 3 is 1.68 bits per heavy atom. The van der Waals surface area contributed by atoms with E-state index in [1.807, 2.05) is 43.3 Å². The number of benzene rings is 3. The van der Waals surface area contributed by atoms with Crippen LogP contribution in [0.4, 0.5) is 0 Å². The molecule has 0 aliphatic heterocycles. The highest BCUT2D eigenvalue weighted by Gasteiger charge is 2.12. The van der Waals surface area contributed by atoms with Crippen molar-refractivity contribution in [1.82, 2.24) is 0 Å². The lowest BCUT2D eigenvalue weighted by Crippen LogP contribution is -2.09. The molecule has 0 fully saturated rings. The van der Waals surface area contributed by atoms with Gasteiger partial charge in [0.2, 0.25) is 0 Å². The second kappa shape index (κ2) is 15.5. The van der Waals surface area contributed by atoms with Gasteiger partial charge in [0.05, 0.1) is 32.0 Å². The average molecular weight is 545 g/mol. The summed E-state index contributed by atoms with van der Waals surface area (Å²) in [5, 5.41) is 0. The second-order valence-electron chi connectivity index (χ2n) is 8.57. The average Bonchev–Trinajstić information content (AvgIpc) is 2.98. The molecule has 0 heterocycles. The molecule has 3 aromatic carbocycles. The molecular weight excluding hydrogens is 512 g/mol. The fourth-order valence-corrected chi connectivity index (χ4v) is 3.49. The van der Waals surface area contributed by atoms with Crippen molar-refractivity contribution in [2.75, 3.05) is 26.4 Å². The Balaban J connectivity index is 1.48. The Morgan fingerprint density at radius 2 is 1.18 bits per heavy atom. The van der Waals surface area contributed by atoms with Gasteiger partial charge in [-0.25, -0.2) is 14.4 Å². The number of hydrogen-bond acceptors (Lipinski definition) is 8. The molecule has 0 atom stereocenters. The van der Waals surface area contributed by atoms with Crippen molar-refractivity contribution in [3.05, 3.63) is 103 Å². The molecular formula is C32H32O8. The minimum atomic E-state index is -0.473. The molecule has 0 saturated carbocycles. The molecule has 0 bridgehead atoms. The van der Waals surface area contributed by atoms with Gasteiger partial charge in [0.1, 0.15) is 17.2 Å². The van der Waals surface area contributed by atoms with Crippen molar-refractivity contribution in [3.63, 3.8) is 0 Å². The quantitative estimate of drug-likeness (QED) is 0.101. The molecule has 0 spiro atoms. The first kappa shape index (κ1) is 29.7. The molecule has 0 aliphatic rings. The summed E-state index contributed by atoms with van der Waals surface area (Å²) >= 11 is 0. The van der Waals surface area contributed by atoms with E-state index in [1.54, 1.807) is 30.3 Å². The van der Waals surface area contributed by atoms with Gasteiger partial charge in [-0.05, 0) is 72.1 Å². The van der Waals surface area contributed by atoms with Crippen molar-refractivity contribution < 1.29 is 38.1 Å². The van der Waals surface area contributed by atoms with Crippen LogP contribution >= 0.6 is 0 Å². The molecule has 0 amide bonds. The number of rotatable bonds is 15. The standard InChI is InChI=1S/C32H32O8/c1-4-30(33)38-20-6-18-36-27-13-8-24(9-14-27)26-12-17-29(23(3)22-26)40-32(35)25-10-15-28(16-11-25)37-19-7-21-39-31(34)5-2/h4-5,8-17,22H,1-2,6-7,18-21H2,3H3. The van der Waals surface area contributed by atoms with Crippen molar-refractivity contribution >= 4 is 17.9 Å². The van der Waals surface area contributed by atoms with E-state index in [2.05, 4.69) is 13.2 Å². The number of esters is 3. The molecule has 0 aromatic heterocycles. The van der Waals surface area contributed by atoms with E-state index in [0.717, 1.165) is 28.8 Å². The minimum absolute atomic E-state index is 0.241. The lowest BCUT2D eigenvalue weighted by molar-refractivity contribution is -0.138. The number of carbonyl (C=O) groups is 3. The van der Waals surface area contributed by atoms with Crippen molar-refractivity contribution in [2.45, 2.75) is 19.8 Å². The van der Waals surface area contributed by atoms with Crippen LogP contribution in [-0.4, -0.2) is 44.3 Å². The normalized spacial score (nSPS) is 10.2. The van der Waals surface area contributed by atoms with Crippen molar-refractivity contribution in [1.29, 1.82) is 0 Å². The van der Waals surface area contributed by atoms with Crippen LogP contribution in [0.15, 0.2) is 92.0 Å². The highest BCUT2D eigenvalue weighted by atomic mass is 16.5. The predicted molar refractivity (Wildman–Crippen MR) is 151 cm³/mol. The van der Waals surface area contributed by atoms with Crippen molar-refractivity contribution in [2.24, 2.45) is 0 Å². The molecule has 8 nitrogen and oxygen atoms in total. The minimum Gasteiger partial charge on any atom is -0.493 e. The Hall–Kier alpha value is -4.85. The van der Waals surface area contributed by atoms with E-state index < -0.39 is 17.9 Å². The van der Waals surface area contributed by atoms with Crippen LogP contribution in [-0.2, 0) is 19.1 Å². The number of ether oxygens (including phenoxy) is 5. The van der Waals surface area contributed by atoms with Crippen LogP contribution in [0.25, 0.3) is 11.1 Å². The SMILES string of the molecule is C=CC(=O)OCCCOc1ccc(C(=O)Oc2ccc(-c3ccc(OCCCOC(=O)C=C)cc3)cc2C)cc1. The lowest BCUT2D eigenvalue weighted by atomic mass is 10.0. The summed E-state index contributed by atoms with van der Waals surface area (Å²) in [6, 6.07) is 19.9. The van der Waals surface area contributed by atoms with Crippen LogP contribution in [0.5, 0.6) is 17.2 Å². The second-order valence-corrected chi connectivity index (χ2v) is 8.57. The maximum atomic E-state index is 12.7. The van der Waals surface area contributed by atoms with Gasteiger partial charge < -0.3 is 23.7 Å². The summed E-state index contributed by atoms with van der Waals surface area (Å²) < 4.78 is 26.7. The van der Waals surface area contributed by atoms with Crippen LogP contribution in [0.2, 0.25) is 0 Å². The maximum Gasteiger partial charge on any atom is 0.343 e. The van der Waals surface area contributed by atoms with Gasteiger partial charge in [-0.3, -0.25) is 0 Å². The van der Waals surface area contributed by atoms with Gasteiger partial charge in [0.15, 0.2) is 0 Å². The van der Waals surface area contributed by atoms with Crippen LogP contribution < -0.4 is 14.2 Å². The maximum absolute atomic E-state index is 12.7. The van der Waals surface area contributed by atoms with Gasteiger partial charge in [-0.1, -0.05) is 31.4 Å². The van der Waals surface area contributed by atoms with Crippen LogP contribution in [0, 0.1) is 6.92 Å². The highest BCUT2D eigenvalue weighted by molar-refractivity contribution is 5.91. The monoisotopic (exact) mass is 544 g/mol. The fraction of sp³-hybridized carbons (Fsp3) is 0.219. The Kier molecular flexibility index (Phi) is 11.5. The number of carbonyl (C=O) groups excluding carboxylic acids is 3. The zero-order valence-electron chi connectivity index (χ0n) is 22.4. The molecule has 0 radical (unpaired) electrons. The van der Waals surface area contributed by atoms with E-state index in [9.17, 15) is 14.4 Å². The van der Waals surface area contributed by atoms with Crippen LogP contribution in [0.3, 0.4) is 0 Å². The number of aryl methyl sites for hydroxylation is 1. The fourth-order valence-electron chi connectivity index (χ4n) is 3.49. The summed E-state index contributed by atoms with van der Waals surface area (Å²) in [6.07, 6.45) is 3.36. The first-order valence-corrected chi connectivity index (χ1v) is 12.8. The van der Waals surface area contributed by atoms with E-state index in [0.29, 0.717) is 48.9 Å². The van der Waals surface area contributed by atoms with Gasteiger partial charge in [-0.15, -0.1) is 0 Å². The smallest absolute Gasteiger partial charge is 0.343 e. The largest absolute Gasteiger partial charge is 0.493 e. The molecule has 3 rings (SSSR count). The summed E-state index contributed by atoms with van der Waals surface area (Å²) in [6.45, 7) is 9.88. The molecule has 0 aliphatic carbocycles. The molecule has 0 N–H and O–H groups in total. The Morgan fingerprint density at radius 1 is 0.675 bits per heavy atom. The predicted octanol–water partition coefficient (Wildman–Crippen LogP) is 5.88. The first-order chi connectivity index (χ1) is 19.4. The Bertz CT molecular complexity index is 1310. The zero-order chi connectivity index (χ0) is 28.7. The molecule has 0 unspecified atom stereocenters. The third-order valence-electron chi connectivity index (χ3n) is 5.59. The third kappa shape index (κ3) is 9.47. The van der Waals surface area contributed by atoms with E-state index in [1.165, 1.54) is 0 Å². The molecule has 3 aromatic rings. The molecule has 40 heavy (non-hydrogen) atoms. The van der Waals surface area contributed by atoms with Gasteiger partial charge in [-0.2, -0.15) is 0 Å². The molecule has 8 heteroatoms. The summed E-state index contributed by atoms with van der Waals surface area (Å²) in [4.78, 5) is 34.7. The highest BCUT2D eigenvalue weighted by Crippen LogP contribution is 2.28. The topological polar surface area (TPSA) is 97.4 Å².